The molecule has 3 aliphatic rings. The largest absolute Gasteiger partial charge is 0.349 e. The fourth-order valence-electron chi connectivity index (χ4n) is 6.03. The SMILES string of the molecule is O=Cc1nonc1C(=O)N[C@H](c1cn2ncc(C(NC(=O)CC3CC(F)(F)C3)C3CC3)cc2n1)C1CCC(F)(F)CC1. The van der Waals surface area contributed by atoms with E-state index in [1.54, 1.807) is 18.5 Å². The lowest BCUT2D eigenvalue weighted by Crippen LogP contribution is -2.39. The molecule has 2 amide bonds. The number of hydrogen-bond acceptors (Lipinski definition) is 8. The first-order chi connectivity index (χ1) is 20.0. The van der Waals surface area contributed by atoms with Gasteiger partial charge in [0, 0.05) is 32.1 Å². The highest BCUT2D eigenvalue weighted by molar-refractivity contribution is 5.98. The van der Waals surface area contributed by atoms with Gasteiger partial charge in [-0.3, -0.25) is 14.4 Å². The van der Waals surface area contributed by atoms with Gasteiger partial charge in [0.05, 0.1) is 30.2 Å². The Kier molecular flexibility index (Phi) is 7.21. The van der Waals surface area contributed by atoms with E-state index < -0.39 is 23.8 Å². The van der Waals surface area contributed by atoms with Crippen LogP contribution in [-0.4, -0.2) is 54.9 Å². The lowest BCUT2D eigenvalue weighted by molar-refractivity contribution is -0.134. The minimum atomic E-state index is -2.79. The molecule has 3 saturated carbocycles. The molecule has 15 heteroatoms. The Hall–Kier alpha value is -3.91. The van der Waals surface area contributed by atoms with Crippen molar-refractivity contribution in [2.75, 3.05) is 0 Å². The zero-order chi connectivity index (χ0) is 29.6. The number of carbonyl (C=O) groups is 3. The highest BCUT2D eigenvalue weighted by Gasteiger charge is 2.46. The number of imidazole rings is 1. The van der Waals surface area contributed by atoms with Crippen molar-refractivity contribution in [3.05, 3.63) is 41.1 Å². The minimum absolute atomic E-state index is 0.0384. The number of rotatable bonds is 10. The van der Waals surface area contributed by atoms with E-state index in [9.17, 15) is 31.9 Å². The molecule has 3 heterocycles. The second kappa shape index (κ2) is 10.7. The summed E-state index contributed by atoms with van der Waals surface area (Å²) in [5.74, 6) is -7.05. The van der Waals surface area contributed by atoms with Crippen molar-refractivity contribution >= 4 is 23.7 Å². The number of alkyl halides is 4. The molecule has 1 unspecified atom stereocenters. The van der Waals surface area contributed by atoms with Crippen molar-refractivity contribution in [2.24, 2.45) is 17.8 Å². The van der Waals surface area contributed by atoms with Crippen molar-refractivity contribution in [1.29, 1.82) is 0 Å². The second-order valence-corrected chi connectivity index (χ2v) is 11.7. The van der Waals surface area contributed by atoms with Crippen LogP contribution < -0.4 is 10.6 Å². The van der Waals surface area contributed by atoms with E-state index in [1.807, 2.05) is 0 Å². The van der Waals surface area contributed by atoms with Crippen LogP contribution in [0.25, 0.3) is 5.65 Å². The average Bonchev–Trinajstić information content (AvgIpc) is 3.49. The number of carbonyl (C=O) groups excluding carboxylic acids is 3. The predicted octanol–water partition coefficient (Wildman–Crippen LogP) is 4.22. The molecule has 0 aliphatic heterocycles. The molecule has 2 N–H and O–H groups in total. The van der Waals surface area contributed by atoms with Gasteiger partial charge >= 0.3 is 0 Å². The fourth-order valence-corrected chi connectivity index (χ4v) is 6.03. The van der Waals surface area contributed by atoms with E-state index in [0.717, 1.165) is 12.8 Å². The van der Waals surface area contributed by atoms with Crippen molar-refractivity contribution < 1.29 is 36.6 Å². The first-order valence-electron chi connectivity index (χ1n) is 14.0. The molecule has 11 nitrogen and oxygen atoms in total. The van der Waals surface area contributed by atoms with Gasteiger partial charge < -0.3 is 10.6 Å². The molecular weight excluding hydrogens is 562 g/mol. The van der Waals surface area contributed by atoms with E-state index >= 15 is 0 Å². The van der Waals surface area contributed by atoms with Crippen LogP contribution in [0.15, 0.2) is 23.1 Å². The molecule has 0 bridgehead atoms. The van der Waals surface area contributed by atoms with Crippen molar-refractivity contribution in [3.63, 3.8) is 0 Å². The zero-order valence-corrected chi connectivity index (χ0v) is 22.4. The van der Waals surface area contributed by atoms with Gasteiger partial charge in [-0.1, -0.05) is 0 Å². The fraction of sp³-hybridized carbons (Fsp3) is 0.593. The molecular formula is C27H29F4N7O4. The van der Waals surface area contributed by atoms with Crippen LogP contribution in [0.2, 0.25) is 0 Å². The van der Waals surface area contributed by atoms with E-state index in [2.05, 4.69) is 35.7 Å². The number of aldehydes is 1. The molecule has 42 heavy (non-hydrogen) atoms. The first kappa shape index (κ1) is 28.2. The first-order valence-corrected chi connectivity index (χ1v) is 14.0. The molecule has 0 saturated heterocycles. The summed E-state index contributed by atoms with van der Waals surface area (Å²) in [6.45, 7) is 0. The standard InChI is InChI=1S/C27H29F4N7O4/c28-26(29)5-3-16(4-6-26)23(35-25(41)24-19(13-39)36-42-37-24)18-12-38-20(33-18)8-17(11-32-38)22(15-1-2-15)34-21(40)7-14-9-27(30,31)10-14/h8,11-16,22-23H,1-7,9-10H2,(H,34,40)(H,35,41)/t22?,23-/m0/s1. The molecule has 2 atom stereocenters. The molecule has 3 fully saturated rings. The van der Waals surface area contributed by atoms with Crippen LogP contribution >= 0.6 is 0 Å². The number of nitrogens with zero attached hydrogens (tertiary/aromatic N) is 5. The maximum atomic E-state index is 14.0. The Morgan fingerprint density at radius 1 is 1.02 bits per heavy atom. The van der Waals surface area contributed by atoms with Crippen LogP contribution in [0, 0.1) is 17.8 Å². The van der Waals surface area contributed by atoms with E-state index in [-0.39, 0.29) is 86.0 Å². The van der Waals surface area contributed by atoms with Gasteiger partial charge in [0.2, 0.25) is 23.4 Å². The van der Waals surface area contributed by atoms with E-state index in [1.165, 1.54) is 4.52 Å². The summed E-state index contributed by atoms with van der Waals surface area (Å²) >= 11 is 0. The normalized spacial score (nSPS) is 21.8. The summed E-state index contributed by atoms with van der Waals surface area (Å²) in [5.41, 5.74) is 0.885. The second-order valence-electron chi connectivity index (χ2n) is 11.7. The molecule has 0 radical (unpaired) electrons. The van der Waals surface area contributed by atoms with Gasteiger partial charge in [0.15, 0.2) is 17.6 Å². The maximum Gasteiger partial charge on any atom is 0.276 e. The minimum Gasteiger partial charge on any atom is -0.349 e. The summed E-state index contributed by atoms with van der Waals surface area (Å²) in [6, 6.07) is 0.611. The van der Waals surface area contributed by atoms with Gasteiger partial charge in [-0.25, -0.2) is 31.7 Å². The third-order valence-electron chi connectivity index (χ3n) is 8.46. The lowest BCUT2D eigenvalue weighted by atomic mass is 9.79. The molecule has 3 aromatic heterocycles. The Morgan fingerprint density at radius 3 is 2.40 bits per heavy atom. The monoisotopic (exact) mass is 591 g/mol. The summed E-state index contributed by atoms with van der Waals surface area (Å²) in [6.07, 6.45) is 4.39. The number of amides is 2. The number of hydrogen-bond donors (Lipinski definition) is 2. The molecule has 0 spiro atoms. The van der Waals surface area contributed by atoms with Crippen LogP contribution in [0.5, 0.6) is 0 Å². The highest BCUT2D eigenvalue weighted by atomic mass is 19.3. The molecule has 6 rings (SSSR count). The van der Waals surface area contributed by atoms with Gasteiger partial charge in [0.25, 0.3) is 5.91 Å². The van der Waals surface area contributed by atoms with Crippen LogP contribution in [0.3, 0.4) is 0 Å². The quantitative estimate of drug-likeness (QED) is 0.263. The van der Waals surface area contributed by atoms with Crippen LogP contribution in [0.1, 0.15) is 102 Å². The van der Waals surface area contributed by atoms with Crippen molar-refractivity contribution in [1.82, 2.24) is 35.5 Å². The van der Waals surface area contributed by atoms with E-state index in [4.69, 9.17) is 0 Å². The third kappa shape index (κ3) is 6.00. The highest BCUT2D eigenvalue weighted by Crippen LogP contribution is 2.45. The van der Waals surface area contributed by atoms with Crippen LogP contribution in [0.4, 0.5) is 17.6 Å². The Balaban J connectivity index is 1.23. The van der Waals surface area contributed by atoms with Crippen LogP contribution in [-0.2, 0) is 4.79 Å². The number of fused-ring (bicyclic) bond motifs is 1. The van der Waals surface area contributed by atoms with Gasteiger partial charge in [-0.05, 0) is 65.4 Å². The summed E-state index contributed by atoms with van der Waals surface area (Å²) in [4.78, 5) is 41.6. The summed E-state index contributed by atoms with van der Waals surface area (Å²) < 4.78 is 60.3. The Labute approximate surface area is 236 Å². The third-order valence-corrected chi connectivity index (χ3v) is 8.46. The summed E-state index contributed by atoms with van der Waals surface area (Å²) in [5, 5.41) is 17.1. The molecule has 3 aliphatic carbocycles. The number of aromatic nitrogens is 5. The Morgan fingerprint density at radius 2 is 1.74 bits per heavy atom. The smallest absolute Gasteiger partial charge is 0.276 e. The molecule has 224 valence electrons. The Bertz CT molecular complexity index is 1490. The average molecular weight is 592 g/mol. The maximum absolute atomic E-state index is 14.0. The van der Waals surface area contributed by atoms with Gasteiger partial charge in [0.1, 0.15) is 0 Å². The van der Waals surface area contributed by atoms with Gasteiger partial charge in [-0.2, -0.15) is 5.10 Å². The molecule has 0 aromatic carbocycles. The molecule has 3 aromatic rings. The van der Waals surface area contributed by atoms with E-state index in [0.29, 0.717) is 23.2 Å². The number of halogens is 4. The summed E-state index contributed by atoms with van der Waals surface area (Å²) in [7, 11) is 0. The van der Waals surface area contributed by atoms with Gasteiger partial charge in [-0.15, -0.1) is 0 Å². The lowest BCUT2D eigenvalue weighted by Gasteiger charge is -2.34. The topological polar surface area (TPSA) is 144 Å². The predicted molar refractivity (Wildman–Crippen MR) is 136 cm³/mol. The van der Waals surface area contributed by atoms with Crippen molar-refractivity contribution in [2.45, 2.75) is 81.7 Å². The number of nitrogens with one attached hydrogen (secondary N) is 2. The van der Waals surface area contributed by atoms with Crippen molar-refractivity contribution in [3.8, 4) is 0 Å². The zero-order valence-electron chi connectivity index (χ0n) is 22.4.